The van der Waals surface area contributed by atoms with Crippen LogP contribution in [0.15, 0.2) is 24.3 Å². The predicted molar refractivity (Wildman–Crippen MR) is 66.2 cm³/mol. The van der Waals surface area contributed by atoms with Crippen molar-refractivity contribution in [3.63, 3.8) is 0 Å². The summed E-state index contributed by atoms with van der Waals surface area (Å²) in [5, 5.41) is 2.68. The van der Waals surface area contributed by atoms with E-state index in [4.69, 9.17) is 5.73 Å². The summed E-state index contributed by atoms with van der Waals surface area (Å²) in [6, 6.07) is 6.81. The number of nitrogen functional groups attached to an aromatic ring is 1. The number of benzene rings is 1. The van der Waals surface area contributed by atoms with Gasteiger partial charge in [-0.2, -0.15) is 0 Å². The number of nitrogens with one attached hydrogen (secondary N) is 1. The van der Waals surface area contributed by atoms with E-state index in [1.165, 1.54) is 0 Å². The molecule has 1 aliphatic heterocycles. The number of sulfone groups is 1. The lowest BCUT2D eigenvalue weighted by Crippen LogP contribution is -2.23. The minimum atomic E-state index is -3.03. The van der Waals surface area contributed by atoms with E-state index in [2.05, 4.69) is 5.32 Å². The topological polar surface area (TPSA) is 89.3 Å². The second-order valence-electron chi connectivity index (χ2n) is 4.21. The summed E-state index contributed by atoms with van der Waals surface area (Å²) in [5.74, 6) is -0.651. The summed E-state index contributed by atoms with van der Waals surface area (Å²) < 4.78 is 22.5. The van der Waals surface area contributed by atoms with Crippen LogP contribution >= 0.6 is 0 Å². The van der Waals surface area contributed by atoms with Gasteiger partial charge < -0.3 is 11.1 Å². The molecule has 17 heavy (non-hydrogen) atoms. The van der Waals surface area contributed by atoms with Crippen molar-refractivity contribution in [2.75, 3.05) is 22.6 Å². The van der Waals surface area contributed by atoms with Crippen LogP contribution in [0.25, 0.3) is 0 Å². The van der Waals surface area contributed by atoms with Crippen LogP contribution in [0, 0.1) is 5.92 Å². The summed E-state index contributed by atoms with van der Waals surface area (Å²) in [6.07, 6.45) is 0.399. The Morgan fingerprint density at radius 3 is 2.76 bits per heavy atom. The highest BCUT2D eigenvalue weighted by Crippen LogP contribution is 2.21. The molecule has 5 nitrogen and oxygen atoms in total. The standard InChI is InChI=1S/C11H14N2O3S/c12-9-2-1-3-10(6-9)13-11(14)8-4-5-17(15,16)7-8/h1-3,6,8H,4-5,7,12H2,(H,13,14)/t8-/m1/s1. The van der Waals surface area contributed by atoms with E-state index >= 15 is 0 Å². The highest BCUT2D eigenvalue weighted by Gasteiger charge is 2.32. The lowest BCUT2D eigenvalue weighted by molar-refractivity contribution is -0.119. The molecule has 1 heterocycles. The fourth-order valence-corrected chi connectivity index (χ4v) is 3.60. The number of amides is 1. The smallest absolute Gasteiger partial charge is 0.228 e. The quantitative estimate of drug-likeness (QED) is 0.758. The molecule has 2 rings (SSSR count). The lowest BCUT2D eigenvalue weighted by Gasteiger charge is -2.09. The van der Waals surface area contributed by atoms with Crippen LogP contribution in [0.5, 0.6) is 0 Å². The molecule has 3 N–H and O–H groups in total. The van der Waals surface area contributed by atoms with Gasteiger partial charge in [-0.25, -0.2) is 8.42 Å². The zero-order valence-electron chi connectivity index (χ0n) is 9.22. The van der Waals surface area contributed by atoms with Crippen LogP contribution in [-0.4, -0.2) is 25.8 Å². The SMILES string of the molecule is Nc1cccc(NC(=O)[C@@H]2CCS(=O)(=O)C2)c1. The maximum atomic E-state index is 11.8. The van der Waals surface area contributed by atoms with Gasteiger partial charge in [0.05, 0.1) is 17.4 Å². The minimum Gasteiger partial charge on any atom is -0.399 e. The van der Waals surface area contributed by atoms with Gasteiger partial charge in [-0.15, -0.1) is 0 Å². The molecule has 0 spiro atoms. The first-order chi connectivity index (χ1) is 7.96. The number of carbonyl (C=O) groups is 1. The van der Waals surface area contributed by atoms with Crippen LogP contribution in [0.4, 0.5) is 11.4 Å². The van der Waals surface area contributed by atoms with Crippen molar-refractivity contribution in [1.29, 1.82) is 0 Å². The first-order valence-electron chi connectivity index (χ1n) is 5.33. The molecule has 1 fully saturated rings. The zero-order valence-corrected chi connectivity index (χ0v) is 10.0. The molecule has 1 aliphatic rings. The van der Waals surface area contributed by atoms with Crippen LogP contribution < -0.4 is 11.1 Å². The fraction of sp³-hybridized carbons (Fsp3) is 0.364. The number of anilines is 2. The molecule has 1 atom stereocenters. The lowest BCUT2D eigenvalue weighted by atomic mass is 10.1. The molecule has 0 aromatic heterocycles. The molecule has 1 aromatic rings. The van der Waals surface area contributed by atoms with Gasteiger partial charge in [0.15, 0.2) is 9.84 Å². The minimum absolute atomic E-state index is 0.0544. The molecular weight excluding hydrogens is 240 g/mol. The average Bonchev–Trinajstić information content (AvgIpc) is 2.59. The van der Waals surface area contributed by atoms with E-state index in [1.54, 1.807) is 24.3 Å². The van der Waals surface area contributed by atoms with Crippen molar-refractivity contribution in [2.45, 2.75) is 6.42 Å². The van der Waals surface area contributed by atoms with E-state index in [0.29, 0.717) is 17.8 Å². The molecule has 0 saturated carbocycles. The predicted octanol–water partition coefficient (Wildman–Crippen LogP) is 0.642. The third kappa shape index (κ3) is 2.97. The van der Waals surface area contributed by atoms with Crippen LogP contribution in [0.1, 0.15) is 6.42 Å². The van der Waals surface area contributed by atoms with Crippen LogP contribution in [0.3, 0.4) is 0 Å². The molecular formula is C11H14N2O3S. The maximum Gasteiger partial charge on any atom is 0.228 e. The summed E-state index contributed by atoms with van der Waals surface area (Å²) in [5.41, 5.74) is 6.74. The molecule has 6 heteroatoms. The van der Waals surface area contributed by atoms with Gasteiger partial charge in [0.1, 0.15) is 0 Å². The third-order valence-electron chi connectivity index (χ3n) is 2.76. The molecule has 0 radical (unpaired) electrons. The molecule has 92 valence electrons. The van der Waals surface area contributed by atoms with Gasteiger partial charge in [0, 0.05) is 11.4 Å². The van der Waals surface area contributed by atoms with Crippen molar-refractivity contribution in [1.82, 2.24) is 0 Å². The highest BCUT2D eigenvalue weighted by atomic mass is 32.2. The fourth-order valence-electron chi connectivity index (χ4n) is 1.86. The summed E-state index contributed by atoms with van der Waals surface area (Å²) in [4.78, 5) is 11.8. The zero-order chi connectivity index (χ0) is 12.5. The van der Waals surface area contributed by atoms with Crippen molar-refractivity contribution in [2.24, 2.45) is 5.92 Å². The molecule has 1 amide bonds. The average molecular weight is 254 g/mol. The Morgan fingerprint density at radius 1 is 1.41 bits per heavy atom. The van der Waals surface area contributed by atoms with E-state index in [1.807, 2.05) is 0 Å². The maximum absolute atomic E-state index is 11.8. The van der Waals surface area contributed by atoms with Gasteiger partial charge in [-0.3, -0.25) is 4.79 Å². The Hall–Kier alpha value is -1.56. The van der Waals surface area contributed by atoms with Gasteiger partial charge in [0.2, 0.25) is 5.91 Å². The van der Waals surface area contributed by atoms with Gasteiger partial charge in [-0.1, -0.05) is 6.07 Å². The second-order valence-corrected chi connectivity index (χ2v) is 6.44. The van der Waals surface area contributed by atoms with E-state index < -0.39 is 15.8 Å². The largest absolute Gasteiger partial charge is 0.399 e. The van der Waals surface area contributed by atoms with Crippen molar-refractivity contribution >= 4 is 27.1 Å². The highest BCUT2D eigenvalue weighted by molar-refractivity contribution is 7.91. The Bertz CT molecular complexity index is 539. The van der Waals surface area contributed by atoms with Crippen molar-refractivity contribution in [3.8, 4) is 0 Å². The van der Waals surface area contributed by atoms with Crippen molar-refractivity contribution < 1.29 is 13.2 Å². The van der Waals surface area contributed by atoms with Crippen LogP contribution in [-0.2, 0) is 14.6 Å². The van der Waals surface area contributed by atoms with Gasteiger partial charge in [-0.05, 0) is 24.6 Å². The van der Waals surface area contributed by atoms with E-state index in [0.717, 1.165) is 0 Å². The molecule has 0 aliphatic carbocycles. The summed E-state index contributed by atoms with van der Waals surface area (Å²) in [6.45, 7) is 0. The van der Waals surface area contributed by atoms with E-state index in [9.17, 15) is 13.2 Å². The Balaban J connectivity index is 2.03. The third-order valence-corrected chi connectivity index (χ3v) is 4.53. The Morgan fingerprint density at radius 2 is 2.18 bits per heavy atom. The Labute approximate surface area is 99.9 Å². The number of rotatable bonds is 2. The first kappa shape index (κ1) is 11.9. The number of hydrogen-bond acceptors (Lipinski definition) is 4. The molecule has 1 saturated heterocycles. The normalized spacial score (nSPS) is 22.2. The number of hydrogen-bond donors (Lipinski definition) is 2. The molecule has 0 bridgehead atoms. The number of nitrogens with two attached hydrogens (primary N) is 1. The van der Waals surface area contributed by atoms with Gasteiger partial charge >= 0.3 is 0 Å². The first-order valence-corrected chi connectivity index (χ1v) is 7.15. The van der Waals surface area contributed by atoms with Gasteiger partial charge in [0.25, 0.3) is 0 Å². The summed E-state index contributed by atoms with van der Waals surface area (Å²) >= 11 is 0. The monoisotopic (exact) mass is 254 g/mol. The summed E-state index contributed by atoms with van der Waals surface area (Å²) in [7, 11) is -3.03. The second kappa shape index (κ2) is 4.37. The van der Waals surface area contributed by atoms with Crippen molar-refractivity contribution in [3.05, 3.63) is 24.3 Å². The van der Waals surface area contributed by atoms with E-state index in [-0.39, 0.29) is 17.4 Å². The number of carbonyl (C=O) groups excluding carboxylic acids is 1. The molecule has 0 unspecified atom stereocenters. The van der Waals surface area contributed by atoms with Crippen LogP contribution in [0.2, 0.25) is 0 Å². The molecule has 1 aromatic carbocycles. The Kier molecular flexibility index (Phi) is 3.06.